The highest BCUT2D eigenvalue weighted by atomic mass is 32.2. The fraction of sp³-hybridized carbons (Fsp3) is 0.526. The van der Waals surface area contributed by atoms with Crippen LogP contribution in [0, 0.1) is 0 Å². The minimum absolute atomic E-state index is 0.0455. The molecule has 126 valence electrons. The molecular weight excluding hydrogens is 308 g/mol. The van der Waals surface area contributed by atoms with Crippen LogP contribution in [-0.2, 0) is 9.53 Å². The molecule has 0 heterocycles. The summed E-state index contributed by atoms with van der Waals surface area (Å²) in [5.74, 6) is 0.558. The highest BCUT2D eigenvalue weighted by Gasteiger charge is 2.28. The van der Waals surface area contributed by atoms with Crippen LogP contribution < -0.4 is 4.74 Å². The number of hydrogen-bond donors (Lipinski definition) is 0. The maximum atomic E-state index is 12.1. The summed E-state index contributed by atoms with van der Waals surface area (Å²) < 4.78 is 10.8. The van der Waals surface area contributed by atoms with Crippen molar-refractivity contribution in [1.82, 2.24) is 0 Å². The lowest BCUT2D eigenvalue weighted by molar-refractivity contribution is -0.143. The predicted molar refractivity (Wildman–Crippen MR) is 96.9 cm³/mol. The quantitative estimate of drug-likeness (QED) is 0.558. The third-order valence-electron chi connectivity index (χ3n) is 3.88. The van der Waals surface area contributed by atoms with E-state index in [1.54, 1.807) is 13.2 Å². The summed E-state index contributed by atoms with van der Waals surface area (Å²) in [6.07, 6.45) is 7.86. The van der Waals surface area contributed by atoms with Crippen LogP contribution in [0.25, 0.3) is 6.08 Å². The largest absolute Gasteiger partial charge is 0.497 e. The molecule has 0 aliphatic heterocycles. The lowest BCUT2D eigenvalue weighted by atomic mass is 9.97. The van der Waals surface area contributed by atoms with E-state index >= 15 is 0 Å². The number of benzene rings is 1. The minimum atomic E-state index is -0.248. The van der Waals surface area contributed by atoms with Gasteiger partial charge in [0.2, 0.25) is 0 Å². The summed E-state index contributed by atoms with van der Waals surface area (Å²) in [4.78, 5) is 12.1. The average Bonchev–Trinajstić information content (AvgIpc) is 2.55. The van der Waals surface area contributed by atoms with Gasteiger partial charge in [-0.05, 0) is 48.3 Å². The molecule has 0 spiro atoms. The van der Waals surface area contributed by atoms with Gasteiger partial charge in [0.25, 0.3) is 0 Å². The van der Waals surface area contributed by atoms with Crippen LogP contribution in [0.3, 0.4) is 0 Å². The third kappa shape index (κ3) is 5.94. The molecule has 1 aromatic carbocycles. The Hall–Kier alpha value is -1.42. The number of rotatable bonds is 6. The Bertz CT molecular complexity index is 522. The first-order chi connectivity index (χ1) is 11.1. The van der Waals surface area contributed by atoms with Crippen molar-refractivity contribution in [3.63, 3.8) is 0 Å². The summed E-state index contributed by atoms with van der Waals surface area (Å²) in [6.45, 7) is 4.39. The second-order valence-electron chi connectivity index (χ2n) is 6.09. The molecule has 0 bridgehead atoms. The van der Waals surface area contributed by atoms with Gasteiger partial charge in [0.1, 0.15) is 11.9 Å². The van der Waals surface area contributed by atoms with Crippen molar-refractivity contribution >= 4 is 23.8 Å². The third-order valence-corrected chi connectivity index (χ3v) is 5.32. The van der Waals surface area contributed by atoms with Gasteiger partial charge in [-0.25, -0.2) is 4.79 Å². The first-order valence-corrected chi connectivity index (χ1v) is 9.21. The monoisotopic (exact) mass is 334 g/mol. The van der Waals surface area contributed by atoms with Gasteiger partial charge < -0.3 is 9.47 Å². The smallest absolute Gasteiger partial charge is 0.331 e. The molecule has 1 saturated carbocycles. The first kappa shape index (κ1) is 17.9. The Kier molecular flexibility index (Phi) is 7.03. The Balaban J connectivity index is 1.90. The molecule has 0 N–H and O–H groups in total. The van der Waals surface area contributed by atoms with E-state index in [1.807, 2.05) is 36.0 Å². The second-order valence-corrected chi connectivity index (χ2v) is 7.91. The molecule has 2 rings (SSSR count). The van der Waals surface area contributed by atoms with Gasteiger partial charge in [0.15, 0.2) is 0 Å². The Morgan fingerprint density at radius 2 is 1.91 bits per heavy atom. The molecule has 0 saturated heterocycles. The van der Waals surface area contributed by atoms with Crippen molar-refractivity contribution in [3.05, 3.63) is 35.9 Å². The summed E-state index contributed by atoms with van der Waals surface area (Å²) in [6, 6.07) is 7.59. The lowest BCUT2D eigenvalue weighted by Crippen LogP contribution is -2.32. The van der Waals surface area contributed by atoms with Crippen molar-refractivity contribution in [2.24, 2.45) is 0 Å². The van der Waals surface area contributed by atoms with E-state index in [0.29, 0.717) is 10.5 Å². The highest BCUT2D eigenvalue weighted by molar-refractivity contribution is 8.00. The normalized spacial score (nSPS) is 21.6. The molecule has 4 heteroatoms. The van der Waals surface area contributed by atoms with Gasteiger partial charge in [-0.15, -0.1) is 0 Å². The van der Waals surface area contributed by atoms with Crippen LogP contribution in [0.2, 0.25) is 0 Å². The summed E-state index contributed by atoms with van der Waals surface area (Å²) in [7, 11) is 1.64. The fourth-order valence-corrected chi connectivity index (χ4v) is 4.14. The van der Waals surface area contributed by atoms with Gasteiger partial charge in [-0.1, -0.05) is 32.4 Å². The number of carbonyl (C=O) groups excluding carboxylic acids is 1. The second kappa shape index (κ2) is 9.02. The standard InChI is InChI=1S/C19H26O3S/c1-14(2)23-18-7-5-4-6-17(18)22-19(20)13-10-15-8-11-16(21-3)12-9-15/h8-14,17-18H,4-7H2,1-3H3. The molecule has 0 aromatic heterocycles. The zero-order valence-corrected chi connectivity index (χ0v) is 15.0. The van der Waals surface area contributed by atoms with Gasteiger partial charge in [0, 0.05) is 11.3 Å². The summed E-state index contributed by atoms with van der Waals surface area (Å²) in [5, 5.41) is 0.997. The number of ether oxygens (including phenoxy) is 2. The van der Waals surface area contributed by atoms with E-state index < -0.39 is 0 Å². The molecule has 1 fully saturated rings. The van der Waals surface area contributed by atoms with E-state index in [2.05, 4.69) is 13.8 Å². The van der Waals surface area contributed by atoms with Gasteiger partial charge >= 0.3 is 5.97 Å². The maximum Gasteiger partial charge on any atom is 0.331 e. The van der Waals surface area contributed by atoms with Crippen molar-refractivity contribution in [2.45, 2.75) is 56.1 Å². The van der Waals surface area contributed by atoms with Crippen molar-refractivity contribution in [1.29, 1.82) is 0 Å². The minimum Gasteiger partial charge on any atom is -0.497 e. The van der Waals surface area contributed by atoms with Crippen LogP contribution in [0.4, 0.5) is 0 Å². The molecule has 1 aliphatic carbocycles. The molecular formula is C19H26O3S. The predicted octanol–water partition coefficient (Wildman–Crippen LogP) is 4.70. The Labute approximate surface area is 143 Å². The molecule has 23 heavy (non-hydrogen) atoms. The van der Waals surface area contributed by atoms with Crippen LogP contribution in [-0.4, -0.2) is 29.7 Å². The van der Waals surface area contributed by atoms with E-state index in [9.17, 15) is 4.79 Å². The number of carbonyl (C=O) groups is 1. The molecule has 1 aromatic rings. The Morgan fingerprint density at radius 3 is 2.57 bits per heavy atom. The van der Waals surface area contributed by atoms with E-state index in [-0.39, 0.29) is 12.1 Å². The van der Waals surface area contributed by atoms with E-state index in [1.165, 1.54) is 12.5 Å². The Morgan fingerprint density at radius 1 is 1.22 bits per heavy atom. The van der Waals surface area contributed by atoms with E-state index in [4.69, 9.17) is 9.47 Å². The highest BCUT2D eigenvalue weighted by Crippen LogP contribution is 2.33. The summed E-state index contributed by atoms with van der Waals surface area (Å²) in [5.41, 5.74) is 0.958. The van der Waals surface area contributed by atoms with Crippen LogP contribution >= 0.6 is 11.8 Å². The SMILES string of the molecule is COc1ccc(C=CC(=O)OC2CCCCC2SC(C)C)cc1. The molecule has 1 aliphatic rings. The van der Waals surface area contributed by atoms with Crippen molar-refractivity contribution < 1.29 is 14.3 Å². The van der Waals surface area contributed by atoms with Gasteiger partial charge in [-0.3, -0.25) is 0 Å². The molecule has 3 nitrogen and oxygen atoms in total. The van der Waals surface area contributed by atoms with Crippen LogP contribution in [0.1, 0.15) is 45.1 Å². The average molecular weight is 334 g/mol. The van der Waals surface area contributed by atoms with Crippen molar-refractivity contribution in [2.75, 3.05) is 7.11 Å². The zero-order chi connectivity index (χ0) is 16.7. The van der Waals surface area contributed by atoms with Gasteiger partial charge in [0.05, 0.1) is 7.11 Å². The van der Waals surface area contributed by atoms with Crippen molar-refractivity contribution in [3.8, 4) is 5.75 Å². The molecule has 0 radical (unpaired) electrons. The lowest BCUT2D eigenvalue weighted by Gasteiger charge is -2.31. The number of thioether (sulfide) groups is 1. The maximum absolute atomic E-state index is 12.1. The number of methoxy groups -OCH3 is 1. The molecule has 0 amide bonds. The summed E-state index contributed by atoms with van der Waals surface area (Å²) >= 11 is 1.93. The van der Waals surface area contributed by atoms with Crippen LogP contribution in [0.15, 0.2) is 30.3 Å². The fourth-order valence-electron chi connectivity index (χ4n) is 2.77. The van der Waals surface area contributed by atoms with Gasteiger partial charge in [-0.2, -0.15) is 11.8 Å². The van der Waals surface area contributed by atoms with Crippen LogP contribution in [0.5, 0.6) is 5.75 Å². The first-order valence-electron chi connectivity index (χ1n) is 8.26. The number of hydrogen-bond acceptors (Lipinski definition) is 4. The topological polar surface area (TPSA) is 35.5 Å². The zero-order valence-electron chi connectivity index (χ0n) is 14.2. The van der Waals surface area contributed by atoms with E-state index in [0.717, 1.165) is 30.6 Å². The molecule has 2 unspecified atom stereocenters. The molecule has 2 atom stereocenters. The number of esters is 1.